The Kier molecular flexibility index (Phi) is 6.44. The molecule has 0 radical (unpaired) electrons. The van der Waals surface area contributed by atoms with Crippen molar-refractivity contribution in [3.8, 4) is 0 Å². The van der Waals surface area contributed by atoms with Gasteiger partial charge in [0.25, 0.3) is 0 Å². The van der Waals surface area contributed by atoms with E-state index in [1.165, 1.54) is 0 Å². The number of ether oxygens (including phenoxy) is 1. The number of hydrazine groups is 1. The number of pyridine rings is 1. The number of nitrogens with zero attached hydrogens (tertiary/aromatic N) is 1. The van der Waals surface area contributed by atoms with Crippen LogP contribution in [0.4, 0.5) is 5.82 Å². The van der Waals surface area contributed by atoms with Gasteiger partial charge in [0, 0.05) is 11.8 Å². The van der Waals surface area contributed by atoms with Crippen LogP contribution in [0.3, 0.4) is 0 Å². The van der Waals surface area contributed by atoms with Gasteiger partial charge in [0.1, 0.15) is 5.82 Å². The average Bonchev–Trinajstić information content (AvgIpc) is 2.28. The molecule has 1 atom stereocenters. The third-order valence-electron chi connectivity index (χ3n) is 2.08. The number of anilines is 1. The zero-order valence-electron chi connectivity index (χ0n) is 9.27. The Morgan fingerprint density at radius 1 is 1.69 bits per heavy atom. The average molecular weight is 246 g/mol. The molecule has 0 aliphatic carbocycles. The minimum absolute atomic E-state index is 0. The van der Waals surface area contributed by atoms with E-state index in [4.69, 9.17) is 10.6 Å². The lowest BCUT2D eigenvalue weighted by atomic mass is 10.0. The molecule has 90 valence electrons. The molecule has 0 aromatic carbocycles. The van der Waals surface area contributed by atoms with E-state index in [2.05, 4.69) is 10.4 Å². The highest BCUT2D eigenvalue weighted by molar-refractivity contribution is 5.85. The fourth-order valence-corrected chi connectivity index (χ4v) is 1.28. The summed E-state index contributed by atoms with van der Waals surface area (Å²) in [6, 6.07) is 3.55. The molecule has 1 aromatic rings. The highest BCUT2D eigenvalue weighted by atomic mass is 35.5. The van der Waals surface area contributed by atoms with Gasteiger partial charge < -0.3 is 10.2 Å². The molecule has 0 amide bonds. The van der Waals surface area contributed by atoms with Crippen LogP contribution in [0.15, 0.2) is 18.3 Å². The third kappa shape index (κ3) is 3.36. The van der Waals surface area contributed by atoms with Crippen molar-refractivity contribution in [1.29, 1.82) is 0 Å². The van der Waals surface area contributed by atoms with Crippen molar-refractivity contribution in [2.45, 2.75) is 19.8 Å². The zero-order valence-corrected chi connectivity index (χ0v) is 10.1. The van der Waals surface area contributed by atoms with Crippen LogP contribution in [0.2, 0.25) is 0 Å². The second-order valence-corrected chi connectivity index (χ2v) is 3.06. The summed E-state index contributed by atoms with van der Waals surface area (Å²) in [4.78, 5) is 15.5. The number of nitrogens with two attached hydrogens (primary N) is 1. The van der Waals surface area contributed by atoms with Crippen molar-refractivity contribution in [3.05, 3.63) is 23.9 Å². The second kappa shape index (κ2) is 7.03. The highest BCUT2D eigenvalue weighted by Crippen LogP contribution is 2.22. The molecule has 0 bridgehead atoms. The van der Waals surface area contributed by atoms with E-state index in [0.29, 0.717) is 12.4 Å². The van der Waals surface area contributed by atoms with Crippen molar-refractivity contribution in [1.82, 2.24) is 4.98 Å². The van der Waals surface area contributed by atoms with Gasteiger partial charge in [0.15, 0.2) is 0 Å². The number of carbonyl (C=O) groups is 1. The first kappa shape index (κ1) is 14.7. The van der Waals surface area contributed by atoms with Gasteiger partial charge in [-0.2, -0.15) is 0 Å². The van der Waals surface area contributed by atoms with Crippen LogP contribution in [0, 0.1) is 0 Å². The van der Waals surface area contributed by atoms with E-state index in [0.717, 1.165) is 5.56 Å². The zero-order chi connectivity index (χ0) is 11.3. The first-order valence-electron chi connectivity index (χ1n) is 4.78. The number of nitrogens with one attached hydrogen (secondary N) is 1. The van der Waals surface area contributed by atoms with E-state index < -0.39 is 0 Å². The summed E-state index contributed by atoms with van der Waals surface area (Å²) in [6.07, 6.45) is 1.61. The molecular formula is C10H16ClN3O2. The highest BCUT2D eigenvalue weighted by Gasteiger charge is 2.19. The Labute approximate surface area is 101 Å². The van der Waals surface area contributed by atoms with Gasteiger partial charge >= 0.3 is 5.97 Å². The molecule has 5 nitrogen and oxygen atoms in total. The van der Waals surface area contributed by atoms with Crippen molar-refractivity contribution in [2.24, 2.45) is 5.84 Å². The Morgan fingerprint density at radius 2 is 2.38 bits per heavy atom. The summed E-state index contributed by atoms with van der Waals surface area (Å²) in [6.45, 7) is 3.90. The number of carbonyl (C=O) groups excluding carboxylic acids is 1. The van der Waals surface area contributed by atoms with Gasteiger partial charge in [0.05, 0.1) is 12.5 Å². The van der Waals surface area contributed by atoms with Gasteiger partial charge in [0.2, 0.25) is 0 Å². The molecule has 0 aliphatic heterocycles. The number of hydrogen-bond donors (Lipinski definition) is 2. The lowest BCUT2D eigenvalue weighted by Crippen LogP contribution is -2.17. The maximum Gasteiger partial charge on any atom is 0.313 e. The first-order chi connectivity index (χ1) is 7.20. The minimum Gasteiger partial charge on any atom is -0.466 e. The number of halogens is 1. The second-order valence-electron chi connectivity index (χ2n) is 3.06. The largest absolute Gasteiger partial charge is 0.466 e. The smallest absolute Gasteiger partial charge is 0.313 e. The summed E-state index contributed by atoms with van der Waals surface area (Å²) in [5.41, 5.74) is 3.19. The maximum atomic E-state index is 11.5. The molecule has 6 heteroatoms. The fourth-order valence-electron chi connectivity index (χ4n) is 1.28. The van der Waals surface area contributed by atoms with Crippen molar-refractivity contribution >= 4 is 24.2 Å². The molecule has 16 heavy (non-hydrogen) atoms. The van der Waals surface area contributed by atoms with Crippen LogP contribution in [0.25, 0.3) is 0 Å². The van der Waals surface area contributed by atoms with Crippen LogP contribution in [0.5, 0.6) is 0 Å². The molecule has 1 rings (SSSR count). The van der Waals surface area contributed by atoms with Gasteiger partial charge in [-0.05, 0) is 19.9 Å². The normalized spacial score (nSPS) is 11.2. The quantitative estimate of drug-likeness (QED) is 0.477. The third-order valence-corrected chi connectivity index (χ3v) is 2.08. The Balaban J connectivity index is 0.00000225. The van der Waals surface area contributed by atoms with E-state index in [9.17, 15) is 4.79 Å². The first-order valence-corrected chi connectivity index (χ1v) is 4.78. The number of rotatable bonds is 4. The van der Waals surface area contributed by atoms with E-state index >= 15 is 0 Å². The predicted octanol–water partition coefficient (Wildman–Crippen LogP) is 1.46. The van der Waals surface area contributed by atoms with Gasteiger partial charge in [-0.1, -0.05) is 6.07 Å². The lowest BCUT2D eigenvalue weighted by Gasteiger charge is -2.13. The Morgan fingerprint density at radius 3 is 2.94 bits per heavy atom. The molecular weight excluding hydrogens is 230 g/mol. The molecule has 1 aromatic heterocycles. The van der Waals surface area contributed by atoms with Crippen LogP contribution in [0.1, 0.15) is 25.3 Å². The topological polar surface area (TPSA) is 77.2 Å². The SMILES string of the molecule is CCOC(=O)C(C)c1cccnc1NN.Cl. The van der Waals surface area contributed by atoms with Crippen LogP contribution >= 0.6 is 12.4 Å². The van der Waals surface area contributed by atoms with Crippen molar-refractivity contribution < 1.29 is 9.53 Å². The summed E-state index contributed by atoms with van der Waals surface area (Å²) in [5.74, 6) is 5.15. The fraction of sp³-hybridized carbons (Fsp3) is 0.400. The van der Waals surface area contributed by atoms with E-state index in [1.807, 2.05) is 0 Å². The molecule has 0 spiro atoms. The standard InChI is InChI=1S/C10H15N3O2.ClH/c1-3-15-10(14)7(2)8-5-4-6-12-9(8)13-11;/h4-7H,3,11H2,1-2H3,(H,12,13);1H. The Bertz CT molecular complexity index is 347. The summed E-state index contributed by atoms with van der Waals surface area (Å²) >= 11 is 0. The lowest BCUT2D eigenvalue weighted by molar-refractivity contribution is -0.144. The number of hydrogen-bond acceptors (Lipinski definition) is 5. The van der Waals surface area contributed by atoms with Gasteiger partial charge in [-0.3, -0.25) is 4.79 Å². The molecule has 0 fully saturated rings. The molecule has 1 heterocycles. The minimum atomic E-state index is -0.371. The maximum absolute atomic E-state index is 11.5. The van der Waals surface area contributed by atoms with Crippen LogP contribution < -0.4 is 11.3 Å². The molecule has 0 saturated carbocycles. The number of esters is 1. The summed E-state index contributed by atoms with van der Waals surface area (Å²) in [7, 11) is 0. The van der Waals surface area contributed by atoms with Crippen molar-refractivity contribution in [2.75, 3.05) is 12.0 Å². The van der Waals surface area contributed by atoms with Crippen molar-refractivity contribution in [3.63, 3.8) is 0 Å². The van der Waals surface area contributed by atoms with Crippen LogP contribution in [-0.2, 0) is 9.53 Å². The van der Waals surface area contributed by atoms with Gasteiger partial charge in [-0.25, -0.2) is 10.8 Å². The summed E-state index contributed by atoms with van der Waals surface area (Å²) < 4.78 is 4.92. The monoisotopic (exact) mass is 245 g/mol. The predicted molar refractivity (Wildman–Crippen MR) is 64.3 cm³/mol. The number of nitrogen functional groups attached to an aromatic ring is 1. The van der Waals surface area contributed by atoms with E-state index in [1.54, 1.807) is 32.2 Å². The molecule has 1 unspecified atom stereocenters. The molecule has 0 aliphatic rings. The van der Waals surface area contributed by atoms with Gasteiger partial charge in [-0.15, -0.1) is 12.4 Å². The molecule has 0 saturated heterocycles. The Hall–Kier alpha value is -1.33. The number of aromatic nitrogens is 1. The summed E-state index contributed by atoms with van der Waals surface area (Å²) in [5, 5.41) is 0. The molecule has 3 N–H and O–H groups in total. The van der Waals surface area contributed by atoms with Crippen LogP contribution in [-0.4, -0.2) is 17.6 Å². The van der Waals surface area contributed by atoms with E-state index in [-0.39, 0.29) is 24.3 Å².